The number of hydrogen-bond acceptors (Lipinski definition) is 3. The Labute approximate surface area is 104 Å². The Balaban J connectivity index is 2.10. The van der Waals surface area contributed by atoms with E-state index < -0.39 is 0 Å². The molecule has 0 aromatic carbocycles. The maximum Gasteiger partial charge on any atom is 0.0598 e. The molecule has 2 heterocycles. The van der Waals surface area contributed by atoms with Gasteiger partial charge >= 0.3 is 0 Å². The van der Waals surface area contributed by atoms with Crippen LogP contribution in [0.2, 0.25) is 0 Å². The number of hydrogen-bond donors (Lipinski definition) is 1. The van der Waals surface area contributed by atoms with Gasteiger partial charge in [0, 0.05) is 31.4 Å². The first kappa shape index (κ1) is 12.4. The molecule has 1 N–H and O–H groups in total. The van der Waals surface area contributed by atoms with Gasteiger partial charge in [-0.15, -0.1) is 0 Å². The van der Waals surface area contributed by atoms with Crippen LogP contribution in [0.15, 0.2) is 18.5 Å². The fourth-order valence-corrected chi connectivity index (χ4v) is 2.17. The minimum atomic E-state index is 0.158. The Bertz CT molecular complexity index is 362. The van der Waals surface area contributed by atoms with Crippen molar-refractivity contribution < 1.29 is 0 Å². The summed E-state index contributed by atoms with van der Waals surface area (Å²) in [5.74, 6) is 0. The minimum Gasteiger partial charge on any atom is -0.370 e. The van der Waals surface area contributed by atoms with Crippen LogP contribution in [0.4, 0.5) is 5.69 Å². The average Bonchev–Trinajstić information content (AvgIpc) is 2.79. The van der Waals surface area contributed by atoms with Gasteiger partial charge in [-0.1, -0.05) is 0 Å². The number of nitrogens with one attached hydrogen (secondary N) is 1. The molecule has 0 radical (unpaired) electrons. The molecule has 1 fully saturated rings. The highest BCUT2D eigenvalue weighted by molar-refractivity contribution is 5.52. The van der Waals surface area contributed by atoms with Crippen molar-refractivity contribution in [2.45, 2.75) is 45.7 Å². The van der Waals surface area contributed by atoms with E-state index in [-0.39, 0.29) is 5.54 Å². The molecule has 0 unspecified atom stereocenters. The lowest BCUT2D eigenvalue weighted by Gasteiger charge is -2.24. The third-order valence-corrected chi connectivity index (χ3v) is 3.14. The van der Waals surface area contributed by atoms with Gasteiger partial charge in [-0.3, -0.25) is 4.98 Å². The van der Waals surface area contributed by atoms with Gasteiger partial charge in [0.1, 0.15) is 0 Å². The zero-order valence-electron chi connectivity index (χ0n) is 11.2. The van der Waals surface area contributed by atoms with Crippen molar-refractivity contribution in [2.24, 2.45) is 0 Å². The first-order valence-electron chi connectivity index (χ1n) is 6.49. The van der Waals surface area contributed by atoms with Gasteiger partial charge in [0.05, 0.1) is 11.9 Å². The van der Waals surface area contributed by atoms with Crippen LogP contribution in [-0.2, 0) is 6.54 Å². The van der Waals surface area contributed by atoms with E-state index in [1.165, 1.54) is 37.2 Å². The molecule has 0 amide bonds. The summed E-state index contributed by atoms with van der Waals surface area (Å²) in [4.78, 5) is 6.72. The van der Waals surface area contributed by atoms with Crippen molar-refractivity contribution in [1.29, 1.82) is 0 Å². The van der Waals surface area contributed by atoms with Crippen LogP contribution in [0.5, 0.6) is 0 Å². The van der Waals surface area contributed by atoms with Gasteiger partial charge in [-0.25, -0.2) is 0 Å². The molecule has 2 rings (SSSR count). The van der Waals surface area contributed by atoms with Crippen LogP contribution >= 0.6 is 0 Å². The van der Waals surface area contributed by atoms with E-state index in [2.05, 4.69) is 42.0 Å². The number of anilines is 1. The Morgan fingerprint density at radius 1 is 1.29 bits per heavy atom. The highest BCUT2D eigenvalue weighted by Crippen LogP contribution is 2.23. The van der Waals surface area contributed by atoms with Crippen molar-refractivity contribution in [3.8, 4) is 0 Å². The molecule has 1 aromatic rings. The fraction of sp³-hybridized carbons (Fsp3) is 0.643. The molecule has 94 valence electrons. The number of pyridine rings is 1. The summed E-state index contributed by atoms with van der Waals surface area (Å²) in [6.07, 6.45) is 6.51. The topological polar surface area (TPSA) is 28.2 Å². The summed E-state index contributed by atoms with van der Waals surface area (Å²) < 4.78 is 0. The molecule has 0 aliphatic carbocycles. The maximum atomic E-state index is 4.26. The van der Waals surface area contributed by atoms with Crippen molar-refractivity contribution in [1.82, 2.24) is 10.3 Å². The maximum absolute atomic E-state index is 4.26. The van der Waals surface area contributed by atoms with Crippen molar-refractivity contribution in [3.05, 3.63) is 24.0 Å². The quantitative estimate of drug-likeness (QED) is 0.869. The second-order valence-corrected chi connectivity index (χ2v) is 5.80. The van der Waals surface area contributed by atoms with Crippen LogP contribution in [0.25, 0.3) is 0 Å². The summed E-state index contributed by atoms with van der Waals surface area (Å²) in [7, 11) is 0. The molecule has 3 heteroatoms. The summed E-state index contributed by atoms with van der Waals surface area (Å²) in [6, 6.07) is 2.13. The second-order valence-electron chi connectivity index (χ2n) is 5.80. The highest BCUT2D eigenvalue weighted by atomic mass is 15.2. The van der Waals surface area contributed by atoms with E-state index in [4.69, 9.17) is 0 Å². The SMILES string of the molecule is CC(C)(C)NCc1ccncc1N1CCCC1. The third-order valence-electron chi connectivity index (χ3n) is 3.14. The molecule has 0 atom stereocenters. The van der Waals surface area contributed by atoms with Crippen LogP contribution in [0.1, 0.15) is 39.2 Å². The third kappa shape index (κ3) is 3.43. The normalized spacial score (nSPS) is 16.5. The van der Waals surface area contributed by atoms with E-state index in [1.807, 2.05) is 12.4 Å². The lowest BCUT2D eigenvalue weighted by Crippen LogP contribution is -2.35. The van der Waals surface area contributed by atoms with E-state index in [9.17, 15) is 0 Å². The summed E-state index contributed by atoms with van der Waals surface area (Å²) in [5, 5.41) is 3.55. The number of nitrogens with zero attached hydrogens (tertiary/aromatic N) is 2. The van der Waals surface area contributed by atoms with Crippen molar-refractivity contribution >= 4 is 5.69 Å². The molecular weight excluding hydrogens is 210 g/mol. The Morgan fingerprint density at radius 2 is 2.00 bits per heavy atom. The molecular formula is C14H23N3. The molecule has 0 saturated carbocycles. The van der Waals surface area contributed by atoms with Crippen LogP contribution < -0.4 is 10.2 Å². The van der Waals surface area contributed by atoms with Crippen LogP contribution in [-0.4, -0.2) is 23.6 Å². The van der Waals surface area contributed by atoms with Gasteiger partial charge in [0.15, 0.2) is 0 Å². The van der Waals surface area contributed by atoms with Crippen molar-refractivity contribution in [2.75, 3.05) is 18.0 Å². The summed E-state index contributed by atoms with van der Waals surface area (Å²) in [6.45, 7) is 9.86. The first-order chi connectivity index (χ1) is 8.06. The predicted octanol–water partition coefficient (Wildman–Crippen LogP) is 2.57. The van der Waals surface area contributed by atoms with E-state index in [0.29, 0.717) is 0 Å². The van der Waals surface area contributed by atoms with Gasteiger partial charge in [0.2, 0.25) is 0 Å². The molecule has 1 aliphatic heterocycles. The molecule has 1 aromatic heterocycles. The average molecular weight is 233 g/mol. The number of aromatic nitrogens is 1. The smallest absolute Gasteiger partial charge is 0.0598 e. The van der Waals surface area contributed by atoms with Gasteiger partial charge in [-0.05, 0) is 45.2 Å². The van der Waals surface area contributed by atoms with Crippen LogP contribution in [0.3, 0.4) is 0 Å². The van der Waals surface area contributed by atoms with Gasteiger partial charge in [0.25, 0.3) is 0 Å². The Morgan fingerprint density at radius 3 is 2.65 bits per heavy atom. The van der Waals surface area contributed by atoms with E-state index in [0.717, 1.165) is 6.54 Å². The zero-order valence-corrected chi connectivity index (χ0v) is 11.2. The number of rotatable bonds is 3. The second kappa shape index (κ2) is 5.05. The van der Waals surface area contributed by atoms with Crippen LogP contribution in [0, 0.1) is 0 Å². The Hall–Kier alpha value is -1.09. The Kier molecular flexibility index (Phi) is 3.67. The molecule has 17 heavy (non-hydrogen) atoms. The molecule has 1 saturated heterocycles. The standard InChI is InChI=1S/C14H23N3/c1-14(2,3)16-10-12-6-7-15-11-13(12)17-8-4-5-9-17/h6-7,11,16H,4-5,8-10H2,1-3H3. The lowest BCUT2D eigenvalue weighted by molar-refractivity contribution is 0.424. The lowest BCUT2D eigenvalue weighted by atomic mass is 10.1. The summed E-state index contributed by atoms with van der Waals surface area (Å²) >= 11 is 0. The molecule has 0 bridgehead atoms. The first-order valence-corrected chi connectivity index (χ1v) is 6.49. The van der Waals surface area contributed by atoms with E-state index >= 15 is 0 Å². The molecule has 0 spiro atoms. The van der Waals surface area contributed by atoms with Gasteiger partial charge < -0.3 is 10.2 Å². The monoisotopic (exact) mass is 233 g/mol. The molecule has 3 nitrogen and oxygen atoms in total. The van der Waals surface area contributed by atoms with Gasteiger partial charge in [-0.2, -0.15) is 0 Å². The zero-order chi connectivity index (χ0) is 12.3. The molecule has 1 aliphatic rings. The predicted molar refractivity (Wildman–Crippen MR) is 72.3 cm³/mol. The largest absolute Gasteiger partial charge is 0.370 e. The van der Waals surface area contributed by atoms with E-state index in [1.54, 1.807) is 0 Å². The summed E-state index contributed by atoms with van der Waals surface area (Å²) in [5.41, 5.74) is 2.82. The fourth-order valence-electron chi connectivity index (χ4n) is 2.17. The minimum absolute atomic E-state index is 0.158. The van der Waals surface area contributed by atoms with Crippen molar-refractivity contribution in [3.63, 3.8) is 0 Å². The highest BCUT2D eigenvalue weighted by Gasteiger charge is 2.16.